The summed E-state index contributed by atoms with van der Waals surface area (Å²) in [7, 11) is -1.36. The molecular weight excluding hydrogens is 278 g/mol. The molecule has 0 saturated carbocycles. The standard InChI is InChI=1S/C10H14ClN3O3S/c1-13(8-2-5-18(16,17)7-8)9(15)6-14-4-3-12-10(14)11/h3-4,8H,2,5-7H2,1H3. The molecule has 1 aliphatic rings. The predicted molar refractivity (Wildman–Crippen MR) is 67.1 cm³/mol. The van der Waals surface area contributed by atoms with Crippen molar-refractivity contribution in [2.75, 3.05) is 18.6 Å². The van der Waals surface area contributed by atoms with Gasteiger partial charge in [0, 0.05) is 25.5 Å². The fourth-order valence-electron chi connectivity index (χ4n) is 1.97. The molecule has 18 heavy (non-hydrogen) atoms. The van der Waals surface area contributed by atoms with Gasteiger partial charge in [-0.1, -0.05) is 0 Å². The third kappa shape index (κ3) is 2.84. The molecule has 1 atom stereocenters. The topological polar surface area (TPSA) is 72.3 Å². The van der Waals surface area contributed by atoms with Crippen molar-refractivity contribution in [1.29, 1.82) is 0 Å². The molecule has 1 unspecified atom stereocenters. The van der Waals surface area contributed by atoms with E-state index in [2.05, 4.69) is 4.98 Å². The molecule has 0 aliphatic carbocycles. The Morgan fingerprint density at radius 2 is 2.39 bits per heavy atom. The number of carbonyl (C=O) groups is 1. The van der Waals surface area contributed by atoms with Gasteiger partial charge in [-0.05, 0) is 18.0 Å². The highest BCUT2D eigenvalue weighted by atomic mass is 35.5. The van der Waals surface area contributed by atoms with Crippen LogP contribution in [-0.4, -0.2) is 53.4 Å². The molecule has 8 heteroatoms. The molecule has 1 aromatic heterocycles. The Morgan fingerprint density at radius 3 is 2.89 bits per heavy atom. The number of nitrogens with zero attached hydrogens (tertiary/aromatic N) is 3. The average molecular weight is 292 g/mol. The average Bonchev–Trinajstić information content (AvgIpc) is 2.84. The first-order valence-corrected chi connectivity index (χ1v) is 7.72. The molecule has 2 heterocycles. The van der Waals surface area contributed by atoms with Crippen LogP contribution in [0, 0.1) is 0 Å². The zero-order chi connectivity index (χ0) is 13.3. The number of rotatable bonds is 3. The van der Waals surface area contributed by atoms with Gasteiger partial charge in [-0.2, -0.15) is 0 Å². The van der Waals surface area contributed by atoms with E-state index in [-0.39, 0.29) is 35.3 Å². The van der Waals surface area contributed by atoms with Gasteiger partial charge in [0.25, 0.3) is 0 Å². The van der Waals surface area contributed by atoms with Crippen LogP contribution in [0.2, 0.25) is 5.28 Å². The normalized spacial score (nSPS) is 22.0. The summed E-state index contributed by atoms with van der Waals surface area (Å²) in [5.41, 5.74) is 0. The number of hydrogen-bond donors (Lipinski definition) is 0. The quantitative estimate of drug-likeness (QED) is 0.796. The summed E-state index contributed by atoms with van der Waals surface area (Å²) >= 11 is 5.78. The molecule has 1 aromatic rings. The van der Waals surface area contributed by atoms with Crippen LogP contribution in [0.3, 0.4) is 0 Å². The Morgan fingerprint density at radius 1 is 1.67 bits per heavy atom. The van der Waals surface area contributed by atoms with Crippen LogP contribution in [0.15, 0.2) is 12.4 Å². The lowest BCUT2D eigenvalue weighted by atomic mass is 10.2. The third-order valence-corrected chi connectivity index (χ3v) is 5.18. The Bertz CT molecular complexity index is 554. The van der Waals surface area contributed by atoms with Crippen LogP contribution < -0.4 is 0 Å². The second-order valence-corrected chi connectivity index (χ2v) is 6.95. The molecule has 0 aromatic carbocycles. The predicted octanol–water partition coefficient (Wildman–Crippen LogP) is 0.182. The third-order valence-electron chi connectivity index (χ3n) is 3.12. The van der Waals surface area contributed by atoms with E-state index in [1.165, 1.54) is 15.7 Å². The Hall–Kier alpha value is -1.08. The van der Waals surface area contributed by atoms with E-state index in [1.807, 2.05) is 0 Å². The number of carbonyl (C=O) groups excluding carboxylic acids is 1. The summed E-state index contributed by atoms with van der Waals surface area (Å²) in [6.45, 7) is 0.0753. The minimum atomic E-state index is -2.98. The molecule has 1 fully saturated rings. The monoisotopic (exact) mass is 291 g/mol. The van der Waals surface area contributed by atoms with Gasteiger partial charge in [0.15, 0.2) is 9.84 Å². The zero-order valence-electron chi connectivity index (χ0n) is 9.91. The Balaban J connectivity index is 2.00. The van der Waals surface area contributed by atoms with Crippen molar-refractivity contribution in [1.82, 2.24) is 14.5 Å². The summed E-state index contributed by atoms with van der Waals surface area (Å²) in [4.78, 5) is 17.3. The maximum atomic E-state index is 12.0. The number of sulfone groups is 1. The van der Waals surface area contributed by atoms with Crippen molar-refractivity contribution in [3.8, 4) is 0 Å². The summed E-state index contributed by atoms with van der Waals surface area (Å²) in [5, 5.41) is 0.246. The van der Waals surface area contributed by atoms with Crippen LogP contribution in [0.25, 0.3) is 0 Å². The van der Waals surface area contributed by atoms with E-state index < -0.39 is 9.84 Å². The molecule has 2 rings (SSSR count). The lowest BCUT2D eigenvalue weighted by molar-refractivity contribution is -0.132. The molecule has 0 spiro atoms. The van der Waals surface area contributed by atoms with E-state index in [0.29, 0.717) is 6.42 Å². The van der Waals surface area contributed by atoms with E-state index in [0.717, 1.165) is 0 Å². The number of imidazole rings is 1. The Labute approximate surface area is 110 Å². The van der Waals surface area contributed by atoms with Crippen molar-refractivity contribution in [2.24, 2.45) is 0 Å². The van der Waals surface area contributed by atoms with Crippen molar-refractivity contribution in [3.63, 3.8) is 0 Å². The van der Waals surface area contributed by atoms with Crippen molar-refractivity contribution in [2.45, 2.75) is 19.0 Å². The van der Waals surface area contributed by atoms with Gasteiger partial charge in [0.1, 0.15) is 6.54 Å². The first-order chi connectivity index (χ1) is 8.39. The zero-order valence-corrected chi connectivity index (χ0v) is 11.5. The van der Waals surface area contributed by atoms with E-state index in [1.54, 1.807) is 13.2 Å². The van der Waals surface area contributed by atoms with Gasteiger partial charge in [-0.15, -0.1) is 0 Å². The van der Waals surface area contributed by atoms with E-state index in [9.17, 15) is 13.2 Å². The first-order valence-electron chi connectivity index (χ1n) is 5.52. The van der Waals surface area contributed by atoms with Crippen LogP contribution in [0.1, 0.15) is 6.42 Å². The number of likely N-dealkylation sites (N-methyl/N-ethyl adjacent to an activating group) is 1. The molecule has 1 amide bonds. The number of hydrogen-bond acceptors (Lipinski definition) is 4. The highest BCUT2D eigenvalue weighted by Gasteiger charge is 2.32. The number of aromatic nitrogens is 2. The molecule has 6 nitrogen and oxygen atoms in total. The lowest BCUT2D eigenvalue weighted by Gasteiger charge is -2.23. The fourth-order valence-corrected chi connectivity index (χ4v) is 3.92. The summed E-state index contributed by atoms with van der Waals surface area (Å²) in [5.74, 6) is 0.0330. The van der Waals surface area contributed by atoms with Gasteiger partial charge < -0.3 is 9.47 Å². The molecule has 0 bridgehead atoms. The summed E-state index contributed by atoms with van der Waals surface area (Å²) < 4.78 is 24.2. The maximum Gasteiger partial charge on any atom is 0.242 e. The van der Waals surface area contributed by atoms with Gasteiger partial charge in [0.2, 0.25) is 11.2 Å². The maximum absolute atomic E-state index is 12.0. The smallest absolute Gasteiger partial charge is 0.242 e. The molecule has 1 aliphatic heterocycles. The summed E-state index contributed by atoms with van der Waals surface area (Å²) in [6, 6.07) is -0.232. The Kier molecular flexibility index (Phi) is 3.63. The number of amides is 1. The first kappa shape index (κ1) is 13.4. The second-order valence-electron chi connectivity index (χ2n) is 4.39. The van der Waals surface area contributed by atoms with Crippen molar-refractivity contribution >= 4 is 27.3 Å². The van der Waals surface area contributed by atoms with Gasteiger partial charge in [-0.3, -0.25) is 4.79 Å². The van der Waals surface area contributed by atoms with Crippen LogP contribution in [-0.2, 0) is 21.2 Å². The van der Waals surface area contributed by atoms with E-state index in [4.69, 9.17) is 11.6 Å². The molecule has 0 N–H and O–H groups in total. The highest BCUT2D eigenvalue weighted by molar-refractivity contribution is 7.91. The molecule has 1 saturated heterocycles. The van der Waals surface area contributed by atoms with Crippen LogP contribution in [0.4, 0.5) is 0 Å². The van der Waals surface area contributed by atoms with Gasteiger partial charge in [-0.25, -0.2) is 13.4 Å². The van der Waals surface area contributed by atoms with Crippen molar-refractivity contribution < 1.29 is 13.2 Å². The second kappa shape index (κ2) is 4.89. The minimum absolute atomic E-state index is 0.0485. The van der Waals surface area contributed by atoms with Crippen LogP contribution >= 0.6 is 11.6 Å². The molecule has 100 valence electrons. The fraction of sp³-hybridized carbons (Fsp3) is 0.600. The number of halogens is 1. The molecular formula is C10H14ClN3O3S. The van der Waals surface area contributed by atoms with Crippen LogP contribution in [0.5, 0.6) is 0 Å². The lowest BCUT2D eigenvalue weighted by Crippen LogP contribution is -2.39. The van der Waals surface area contributed by atoms with Gasteiger partial charge in [0.05, 0.1) is 11.5 Å². The highest BCUT2D eigenvalue weighted by Crippen LogP contribution is 2.17. The molecule has 0 radical (unpaired) electrons. The van der Waals surface area contributed by atoms with Crippen molar-refractivity contribution in [3.05, 3.63) is 17.7 Å². The van der Waals surface area contributed by atoms with E-state index >= 15 is 0 Å². The largest absolute Gasteiger partial charge is 0.340 e. The SMILES string of the molecule is CN(C(=O)Cn1ccnc1Cl)C1CCS(=O)(=O)C1. The summed E-state index contributed by atoms with van der Waals surface area (Å²) in [6.07, 6.45) is 3.62. The van der Waals surface area contributed by atoms with Gasteiger partial charge >= 0.3 is 0 Å². The minimum Gasteiger partial charge on any atom is -0.340 e.